The van der Waals surface area contributed by atoms with Crippen molar-refractivity contribution in [2.24, 2.45) is 11.7 Å². The molecule has 1 spiro atoms. The van der Waals surface area contributed by atoms with Crippen LogP contribution in [0.2, 0.25) is 0 Å². The van der Waals surface area contributed by atoms with Crippen LogP contribution in [-0.4, -0.2) is 30.8 Å². The van der Waals surface area contributed by atoms with Crippen molar-refractivity contribution in [2.45, 2.75) is 50.7 Å². The Morgan fingerprint density at radius 3 is 2.75 bits per heavy atom. The minimum Gasteiger partial charge on any atom is -0.466 e. The van der Waals surface area contributed by atoms with Crippen molar-refractivity contribution in [3.63, 3.8) is 0 Å². The minimum atomic E-state index is -0.316. The van der Waals surface area contributed by atoms with Gasteiger partial charge in [0.05, 0.1) is 18.8 Å². The molecule has 0 amide bonds. The molecule has 0 aromatic carbocycles. The van der Waals surface area contributed by atoms with Gasteiger partial charge in [-0.15, -0.1) is 0 Å². The van der Waals surface area contributed by atoms with Gasteiger partial charge < -0.3 is 15.2 Å². The van der Waals surface area contributed by atoms with Crippen LogP contribution in [0.5, 0.6) is 0 Å². The molecule has 1 aliphatic carbocycles. The quantitative estimate of drug-likeness (QED) is 0.721. The number of ether oxygens (including phenoxy) is 2. The molecule has 92 valence electrons. The lowest BCUT2D eigenvalue weighted by atomic mass is 9.74. The second-order valence-corrected chi connectivity index (χ2v) is 4.83. The number of hydrogen-bond donors (Lipinski definition) is 1. The van der Waals surface area contributed by atoms with E-state index in [1.807, 2.05) is 6.92 Å². The maximum atomic E-state index is 11.9. The molecule has 2 unspecified atom stereocenters. The maximum absolute atomic E-state index is 11.9. The number of nitrogens with two attached hydrogens (primary N) is 1. The fraction of sp³-hybridized carbons (Fsp3) is 0.917. The monoisotopic (exact) mass is 227 g/mol. The molecule has 1 saturated carbocycles. The molecule has 1 aliphatic heterocycles. The Kier molecular flexibility index (Phi) is 3.50. The van der Waals surface area contributed by atoms with Crippen molar-refractivity contribution in [3.05, 3.63) is 0 Å². The highest BCUT2D eigenvalue weighted by Crippen LogP contribution is 2.43. The molecule has 0 radical (unpaired) electrons. The summed E-state index contributed by atoms with van der Waals surface area (Å²) in [6, 6.07) is -0.197. The zero-order valence-electron chi connectivity index (χ0n) is 9.91. The molecule has 4 heteroatoms. The van der Waals surface area contributed by atoms with Gasteiger partial charge in [-0.1, -0.05) is 19.3 Å². The summed E-state index contributed by atoms with van der Waals surface area (Å²) in [6.45, 7) is 2.73. The predicted molar refractivity (Wildman–Crippen MR) is 59.9 cm³/mol. The smallest absolute Gasteiger partial charge is 0.313 e. The molecule has 0 aromatic rings. The van der Waals surface area contributed by atoms with Gasteiger partial charge in [0, 0.05) is 6.04 Å². The average Bonchev–Trinajstić information content (AvgIpc) is 2.57. The van der Waals surface area contributed by atoms with E-state index in [1.165, 1.54) is 6.42 Å². The number of esters is 1. The van der Waals surface area contributed by atoms with Gasteiger partial charge in [0.25, 0.3) is 0 Å². The Morgan fingerprint density at radius 2 is 2.12 bits per heavy atom. The molecule has 0 bridgehead atoms. The fourth-order valence-corrected chi connectivity index (χ4v) is 3.07. The van der Waals surface area contributed by atoms with E-state index in [2.05, 4.69) is 0 Å². The van der Waals surface area contributed by atoms with Gasteiger partial charge in [0.1, 0.15) is 5.92 Å². The van der Waals surface area contributed by atoms with E-state index in [1.54, 1.807) is 0 Å². The number of carbonyl (C=O) groups is 1. The summed E-state index contributed by atoms with van der Waals surface area (Å²) in [7, 11) is 0. The highest BCUT2D eigenvalue weighted by Gasteiger charge is 2.53. The summed E-state index contributed by atoms with van der Waals surface area (Å²) in [5.41, 5.74) is 5.67. The first-order chi connectivity index (χ1) is 7.69. The first kappa shape index (κ1) is 11.9. The Labute approximate surface area is 96.5 Å². The molecule has 2 fully saturated rings. The van der Waals surface area contributed by atoms with Crippen LogP contribution in [0.1, 0.15) is 39.0 Å². The first-order valence-electron chi connectivity index (χ1n) is 6.26. The molecule has 2 N–H and O–H groups in total. The number of hydrogen-bond acceptors (Lipinski definition) is 4. The van der Waals surface area contributed by atoms with Crippen molar-refractivity contribution in [2.75, 3.05) is 13.2 Å². The average molecular weight is 227 g/mol. The van der Waals surface area contributed by atoms with E-state index >= 15 is 0 Å². The van der Waals surface area contributed by atoms with Gasteiger partial charge in [-0.25, -0.2) is 0 Å². The lowest BCUT2D eigenvalue weighted by Crippen LogP contribution is -2.47. The number of rotatable bonds is 2. The largest absolute Gasteiger partial charge is 0.466 e. The molecular weight excluding hydrogens is 206 g/mol. The van der Waals surface area contributed by atoms with E-state index in [0.29, 0.717) is 13.2 Å². The third kappa shape index (κ3) is 1.96. The van der Waals surface area contributed by atoms with Gasteiger partial charge in [0.15, 0.2) is 0 Å². The molecule has 1 saturated heterocycles. The van der Waals surface area contributed by atoms with E-state index in [-0.39, 0.29) is 23.5 Å². The summed E-state index contributed by atoms with van der Waals surface area (Å²) in [5.74, 6) is -0.429. The van der Waals surface area contributed by atoms with Crippen LogP contribution in [0, 0.1) is 5.92 Å². The lowest BCUT2D eigenvalue weighted by molar-refractivity contribution is -0.157. The second kappa shape index (κ2) is 4.72. The van der Waals surface area contributed by atoms with Crippen LogP contribution in [0.3, 0.4) is 0 Å². The fourth-order valence-electron chi connectivity index (χ4n) is 3.07. The van der Waals surface area contributed by atoms with Crippen LogP contribution >= 0.6 is 0 Å². The summed E-state index contributed by atoms with van der Waals surface area (Å²) < 4.78 is 11.0. The van der Waals surface area contributed by atoms with Gasteiger partial charge in [-0.3, -0.25) is 4.79 Å². The highest BCUT2D eigenvalue weighted by atomic mass is 16.5. The van der Waals surface area contributed by atoms with Gasteiger partial charge in [-0.2, -0.15) is 0 Å². The normalized spacial score (nSPS) is 32.9. The zero-order chi connectivity index (χ0) is 11.6. The van der Waals surface area contributed by atoms with Crippen LogP contribution in [0.15, 0.2) is 0 Å². The van der Waals surface area contributed by atoms with Crippen LogP contribution < -0.4 is 5.73 Å². The topological polar surface area (TPSA) is 61.5 Å². The van der Waals surface area contributed by atoms with Crippen molar-refractivity contribution < 1.29 is 14.3 Å². The zero-order valence-corrected chi connectivity index (χ0v) is 9.91. The summed E-state index contributed by atoms with van der Waals surface area (Å²) >= 11 is 0. The Morgan fingerprint density at radius 1 is 1.44 bits per heavy atom. The Hall–Kier alpha value is -0.610. The van der Waals surface area contributed by atoms with E-state index < -0.39 is 0 Å². The van der Waals surface area contributed by atoms with Crippen molar-refractivity contribution in [1.29, 1.82) is 0 Å². The van der Waals surface area contributed by atoms with E-state index in [4.69, 9.17) is 15.2 Å². The molecule has 0 aromatic heterocycles. The molecular formula is C12H21NO3. The highest BCUT2D eigenvalue weighted by molar-refractivity contribution is 5.75. The second-order valence-electron chi connectivity index (χ2n) is 4.83. The summed E-state index contributed by atoms with van der Waals surface area (Å²) in [6.07, 6.45) is 5.38. The van der Waals surface area contributed by atoms with Crippen molar-refractivity contribution >= 4 is 5.97 Å². The Balaban J connectivity index is 2.14. The van der Waals surface area contributed by atoms with E-state index in [0.717, 1.165) is 25.7 Å². The summed E-state index contributed by atoms with van der Waals surface area (Å²) in [4.78, 5) is 11.9. The third-order valence-electron chi connectivity index (χ3n) is 3.80. The van der Waals surface area contributed by atoms with Crippen LogP contribution in [0.4, 0.5) is 0 Å². The van der Waals surface area contributed by atoms with Gasteiger partial charge in [0.2, 0.25) is 0 Å². The van der Waals surface area contributed by atoms with E-state index in [9.17, 15) is 4.79 Å². The van der Waals surface area contributed by atoms with Crippen molar-refractivity contribution in [3.8, 4) is 0 Å². The molecule has 16 heavy (non-hydrogen) atoms. The van der Waals surface area contributed by atoms with Gasteiger partial charge >= 0.3 is 5.97 Å². The molecule has 2 aliphatic rings. The maximum Gasteiger partial charge on any atom is 0.313 e. The standard InChI is InChI=1S/C12H21NO3/c1-2-15-11(14)10-9(13)8-16-12(10)6-4-3-5-7-12/h9-10H,2-8,13H2,1H3. The minimum absolute atomic E-state index is 0.172. The lowest BCUT2D eigenvalue weighted by Gasteiger charge is -2.37. The Bertz CT molecular complexity index is 255. The molecule has 2 atom stereocenters. The SMILES string of the molecule is CCOC(=O)C1C(N)COC12CCCCC2. The van der Waals surface area contributed by atoms with Crippen LogP contribution in [-0.2, 0) is 14.3 Å². The summed E-state index contributed by atoms with van der Waals surface area (Å²) in [5, 5.41) is 0. The number of carbonyl (C=O) groups excluding carboxylic acids is 1. The predicted octanol–water partition coefficient (Wildman–Crippen LogP) is 1.23. The van der Waals surface area contributed by atoms with Crippen molar-refractivity contribution in [1.82, 2.24) is 0 Å². The third-order valence-corrected chi connectivity index (χ3v) is 3.80. The van der Waals surface area contributed by atoms with Crippen LogP contribution in [0.25, 0.3) is 0 Å². The molecule has 4 nitrogen and oxygen atoms in total. The van der Waals surface area contributed by atoms with Gasteiger partial charge in [-0.05, 0) is 19.8 Å². The molecule has 1 heterocycles. The molecule has 2 rings (SSSR count). The first-order valence-corrected chi connectivity index (χ1v) is 6.26.